The average Bonchev–Trinajstić information content (AvgIpc) is 2.96. The zero-order chi connectivity index (χ0) is 15.5. The van der Waals surface area contributed by atoms with Crippen LogP contribution < -0.4 is 20.5 Å². The van der Waals surface area contributed by atoms with Crippen LogP contribution in [0, 0.1) is 13.8 Å². The number of nitrogens with two attached hydrogens (primary N) is 1. The van der Waals surface area contributed by atoms with E-state index < -0.39 is 0 Å². The summed E-state index contributed by atoms with van der Waals surface area (Å²) >= 11 is 0. The molecule has 5 nitrogen and oxygen atoms in total. The second-order valence-electron chi connectivity index (χ2n) is 5.31. The molecule has 3 N–H and O–H groups in total. The van der Waals surface area contributed by atoms with E-state index >= 15 is 0 Å². The maximum atomic E-state index is 5.94. The minimum Gasteiger partial charge on any atom is -0.454 e. The summed E-state index contributed by atoms with van der Waals surface area (Å²) in [6.45, 7) is 4.91. The molecule has 0 spiro atoms. The van der Waals surface area contributed by atoms with Gasteiger partial charge in [-0.25, -0.2) is 4.99 Å². The van der Waals surface area contributed by atoms with E-state index in [4.69, 9.17) is 15.2 Å². The third-order valence-corrected chi connectivity index (χ3v) is 3.65. The van der Waals surface area contributed by atoms with E-state index in [0.29, 0.717) is 12.5 Å². The Morgan fingerprint density at radius 2 is 1.91 bits per heavy atom. The van der Waals surface area contributed by atoms with Gasteiger partial charge in [-0.1, -0.05) is 12.1 Å². The van der Waals surface area contributed by atoms with Crippen molar-refractivity contribution in [2.24, 2.45) is 10.7 Å². The number of hydrogen-bond acceptors (Lipinski definition) is 3. The highest BCUT2D eigenvalue weighted by Gasteiger charge is 2.12. The maximum Gasteiger partial charge on any atom is 0.231 e. The second-order valence-corrected chi connectivity index (χ2v) is 5.31. The van der Waals surface area contributed by atoms with Crippen molar-refractivity contribution in [2.45, 2.75) is 20.4 Å². The van der Waals surface area contributed by atoms with Gasteiger partial charge >= 0.3 is 0 Å². The van der Waals surface area contributed by atoms with Gasteiger partial charge in [-0.2, -0.15) is 0 Å². The fraction of sp³-hybridized carbons (Fsp3) is 0.235. The lowest BCUT2D eigenvalue weighted by Gasteiger charge is -2.08. The van der Waals surface area contributed by atoms with Gasteiger partial charge in [0.15, 0.2) is 17.5 Å². The topological polar surface area (TPSA) is 68.9 Å². The van der Waals surface area contributed by atoms with E-state index in [1.807, 2.05) is 24.3 Å². The van der Waals surface area contributed by atoms with Crippen LogP contribution in [0.5, 0.6) is 11.5 Å². The number of guanidine groups is 1. The molecule has 2 aromatic rings. The third-order valence-electron chi connectivity index (χ3n) is 3.65. The quantitative estimate of drug-likeness (QED) is 0.675. The summed E-state index contributed by atoms with van der Waals surface area (Å²) in [5.41, 5.74) is 10.4. The number of nitrogens with one attached hydrogen (secondary N) is 1. The molecule has 114 valence electrons. The fourth-order valence-corrected chi connectivity index (χ4v) is 2.22. The SMILES string of the molecule is Cc1ccc(NC(N)=NCc2ccc3c(c2)OCO3)cc1C. The minimum atomic E-state index is 0.276. The zero-order valence-corrected chi connectivity index (χ0v) is 12.7. The molecule has 0 bridgehead atoms. The van der Waals surface area contributed by atoms with Gasteiger partial charge in [-0.3, -0.25) is 0 Å². The van der Waals surface area contributed by atoms with Crippen LogP contribution in [0.4, 0.5) is 5.69 Å². The molecule has 3 rings (SSSR count). The molecule has 0 amide bonds. The molecular formula is C17H19N3O2. The predicted octanol–water partition coefficient (Wildman–Crippen LogP) is 2.96. The van der Waals surface area contributed by atoms with Gasteiger partial charge < -0.3 is 20.5 Å². The van der Waals surface area contributed by atoms with E-state index in [2.05, 4.69) is 36.3 Å². The number of nitrogens with zero attached hydrogens (tertiary/aromatic N) is 1. The Balaban J connectivity index is 1.65. The van der Waals surface area contributed by atoms with Crippen molar-refractivity contribution in [1.29, 1.82) is 0 Å². The molecular weight excluding hydrogens is 278 g/mol. The highest BCUT2D eigenvalue weighted by Crippen LogP contribution is 2.32. The van der Waals surface area contributed by atoms with Gasteiger partial charge in [0.1, 0.15) is 0 Å². The third kappa shape index (κ3) is 3.14. The minimum absolute atomic E-state index is 0.276. The van der Waals surface area contributed by atoms with Gasteiger partial charge in [-0.15, -0.1) is 0 Å². The Hall–Kier alpha value is -2.69. The Kier molecular flexibility index (Phi) is 3.87. The number of aliphatic imine (C=N–C) groups is 1. The standard InChI is InChI=1S/C17H19N3O2/c1-11-3-5-14(7-12(11)2)20-17(18)19-9-13-4-6-15-16(8-13)22-10-21-15/h3-8H,9-10H2,1-2H3,(H3,18,19,20). The van der Waals surface area contributed by atoms with Crippen molar-refractivity contribution >= 4 is 11.6 Å². The first-order valence-corrected chi connectivity index (χ1v) is 7.14. The smallest absolute Gasteiger partial charge is 0.231 e. The monoisotopic (exact) mass is 297 g/mol. The molecule has 0 saturated carbocycles. The molecule has 2 aromatic carbocycles. The summed E-state index contributed by atoms with van der Waals surface area (Å²) in [5.74, 6) is 1.92. The first-order chi connectivity index (χ1) is 10.6. The number of hydrogen-bond donors (Lipinski definition) is 2. The normalized spacial score (nSPS) is 13.3. The molecule has 1 heterocycles. The van der Waals surface area contributed by atoms with E-state index in [1.54, 1.807) is 0 Å². The largest absolute Gasteiger partial charge is 0.454 e. The summed E-state index contributed by atoms with van der Waals surface area (Å²) < 4.78 is 10.6. The Labute approximate surface area is 129 Å². The molecule has 0 atom stereocenters. The molecule has 0 fully saturated rings. The van der Waals surface area contributed by atoms with Crippen molar-refractivity contribution in [1.82, 2.24) is 0 Å². The van der Waals surface area contributed by atoms with Gasteiger partial charge in [-0.05, 0) is 54.8 Å². The molecule has 5 heteroatoms. The lowest BCUT2D eigenvalue weighted by molar-refractivity contribution is 0.174. The number of ether oxygens (including phenoxy) is 2. The summed E-state index contributed by atoms with van der Waals surface area (Å²) in [6, 6.07) is 11.9. The van der Waals surface area contributed by atoms with Crippen molar-refractivity contribution in [3.8, 4) is 11.5 Å². The number of anilines is 1. The molecule has 0 aromatic heterocycles. The first kappa shape index (κ1) is 14.3. The molecule has 0 saturated heterocycles. The summed E-state index contributed by atoms with van der Waals surface area (Å²) in [6.07, 6.45) is 0. The van der Waals surface area contributed by atoms with Crippen LogP contribution in [0.1, 0.15) is 16.7 Å². The van der Waals surface area contributed by atoms with Crippen molar-refractivity contribution < 1.29 is 9.47 Å². The number of rotatable bonds is 3. The van der Waals surface area contributed by atoms with E-state index in [0.717, 1.165) is 22.7 Å². The molecule has 0 aliphatic carbocycles. The van der Waals surface area contributed by atoms with Crippen LogP contribution in [0.3, 0.4) is 0 Å². The van der Waals surface area contributed by atoms with Gasteiger partial charge in [0.05, 0.1) is 6.54 Å². The predicted molar refractivity (Wildman–Crippen MR) is 87.4 cm³/mol. The van der Waals surface area contributed by atoms with Crippen LogP contribution in [-0.2, 0) is 6.54 Å². The van der Waals surface area contributed by atoms with Crippen LogP contribution in [0.15, 0.2) is 41.4 Å². The van der Waals surface area contributed by atoms with Crippen LogP contribution >= 0.6 is 0 Å². The van der Waals surface area contributed by atoms with E-state index in [-0.39, 0.29) is 6.79 Å². The van der Waals surface area contributed by atoms with E-state index in [9.17, 15) is 0 Å². The van der Waals surface area contributed by atoms with Gasteiger partial charge in [0, 0.05) is 5.69 Å². The fourth-order valence-electron chi connectivity index (χ4n) is 2.22. The Bertz CT molecular complexity index is 726. The highest BCUT2D eigenvalue weighted by atomic mass is 16.7. The summed E-state index contributed by atoms with van der Waals surface area (Å²) in [7, 11) is 0. The van der Waals surface area contributed by atoms with Crippen LogP contribution in [0.2, 0.25) is 0 Å². The lowest BCUT2D eigenvalue weighted by Crippen LogP contribution is -2.22. The molecule has 22 heavy (non-hydrogen) atoms. The van der Waals surface area contributed by atoms with E-state index in [1.165, 1.54) is 11.1 Å². The first-order valence-electron chi connectivity index (χ1n) is 7.14. The van der Waals surface area contributed by atoms with Crippen molar-refractivity contribution in [3.05, 3.63) is 53.1 Å². The molecule has 0 radical (unpaired) electrons. The molecule has 1 aliphatic heterocycles. The number of benzene rings is 2. The maximum absolute atomic E-state index is 5.94. The van der Waals surface area contributed by atoms with Crippen LogP contribution in [-0.4, -0.2) is 12.8 Å². The lowest BCUT2D eigenvalue weighted by atomic mass is 10.1. The highest BCUT2D eigenvalue weighted by molar-refractivity contribution is 5.92. The van der Waals surface area contributed by atoms with Crippen molar-refractivity contribution in [3.63, 3.8) is 0 Å². The zero-order valence-electron chi connectivity index (χ0n) is 12.7. The van der Waals surface area contributed by atoms with Gasteiger partial charge in [0.2, 0.25) is 6.79 Å². The number of aryl methyl sites for hydroxylation is 2. The van der Waals surface area contributed by atoms with Crippen molar-refractivity contribution in [2.75, 3.05) is 12.1 Å². The van der Waals surface area contributed by atoms with Crippen LogP contribution in [0.25, 0.3) is 0 Å². The molecule has 1 aliphatic rings. The molecule has 0 unspecified atom stereocenters. The Morgan fingerprint density at radius 1 is 1.09 bits per heavy atom. The second kappa shape index (κ2) is 5.97. The Morgan fingerprint density at radius 3 is 2.73 bits per heavy atom. The summed E-state index contributed by atoms with van der Waals surface area (Å²) in [4.78, 5) is 4.35. The number of fused-ring (bicyclic) bond motifs is 1. The average molecular weight is 297 g/mol. The van der Waals surface area contributed by atoms with Gasteiger partial charge in [0.25, 0.3) is 0 Å². The summed E-state index contributed by atoms with van der Waals surface area (Å²) in [5, 5.41) is 3.10.